The molecule has 2 fully saturated rings. The maximum atomic E-state index is 10.8. The second-order valence-corrected chi connectivity index (χ2v) is 7.62. The van der Waals surface area contributed by atoms with Gasteiger partial charge in [-0.25, -0.2) is 0 Å². The molecular formula is C15H24O3. The topological polar surface area (TPSA) is 60.7 Å². The molecule has 3 aliphatic rings. The van der Waals surface area contributed by atoms with Gasteiger partial charge in [-0.05, 0) is 37.2 Å². The smallest absolute Gasteiger partial charge is 0.117 e. The van der Waals surface area contributed by atoms with E-state index in [1.807, 2.05) is 13.8 Å². The van der Waals surface area contributed by atoms with Crippen molar-refractivity contribution in [3.05, 3.63) is 11.1 Å². The van der Waals surface area contributed by atoms with E-state index in [-0.39, 0.29) is 22.9 Å². The van der Waals surface area contributed by atoms with E-state index in [0.717, 1.165) is 18.4 Å². The molecule has 0 aliphatic heterocycles. The lowest BCUT2D eigenvalue weighted by molar-refractivity contribution is -0.232. The predicted molar refractivity (Wildman–Crippen MR) is 68.9 cm³/mol. The Bertz CT molecular complexity index is 439. The lowest BCUT2D eigenvalue weighted by Crippen LogP contribution is -2.69. The number of aliphatic hydroxyl groups is 3. The van der Waals surface area contributed by atoms with Crippen LogP contribution in [0.5, 0.6) is 0 Å². The van der Waals surface area contributed by atoms with Crippen LogP contribution in [0.2, 0.25) is 0 Å². The van der Waals surface area contributed by atoms with Gasteiger partial charge in [0.25, 0.3) is 0 Å². The van der Waals surface area contributed by atoms with Gasteiger partial charge in [-0.2, -0.15) is 0 Å². The molecule has 3 aliphatic carbocycles. The van der Waals surface area contributed by atoms with Gasteiger partial charge >= 0.3 is 0 Å². The summed E-state index contributed by atoms with van der Waals surface area (Å²) in [4.78, 5) is 0. The monoisotopic (exact) mass is 252 g/mol. The molecule has 0 bridgehead atoms. The third-order valence-corrected chi connectivity index (χ3v) is 6.05. The minimum absolute atomic E-state index is 0.122. The molecule has 18 heavy (non-hydrogen) atoms. The van der Waals surface area contributed by atoms with Gasteiger partial charge < -0.3 is 15.3 Å². The van der Waals surface area contributed by atoms with E-state index in [1.165, 1.54) is 5.57 Å². The van der Waals surface area contributed by atoms with Crippen LogP contribution in [0.4, 0.5) is 0 Å². The molecule has 0 spiro atoms. The van der Waals surface area contributed by atoms with Gasteiger partial charge in [-0.3, -0.25) is 0 Å². The highest BCUT2D eigenvalue weighted by Gasteiger charge is 2.68. The van der Waals surface area contributed by atoms with Crippen LogP contribution in [-0.2, 0) is 0 Å². The Balaban J connectivity index is 2.11. The fourth-order valence-electron chi connectivity index (χ4n) is 4.78. The number of aliphatic hydroxyl groups excluding tert-OH is 2. The first-order valence-electron chi connectivity index (χ1n) is 6.92. The number of rotatable bonds is 0. The van der Waals surface area contributed by atoms with Crippen molar-refractivity contribution in [1.82, 2.24) is 0 Å². The molecule has 3 N–H and O–H groups in total. The number of fused-ring (bicyclic) bond motifs is 2. The zero-order chi connectivity index (χ0) is 13.5. The Hall–Kier alpha value is -0.380. The Kier molecular flexibility index (Phi) is 2.24. The summed E-state index contributed by atoms with van der Waals surface area (Å²) in [5.74, 6) is 0.165. The van der Waals surface area contributed by atoms with Crippen molar-refractivity contribution in [2.75, 3.05) is 0 Å². The molecule has 0 amide bonds. The lowest BCUT2D eigenvalue weighted by atomic mass is 9.47. The summed E-state index contributed by atoms with van der Waals surface area (Å²) in [7, 11) is 0. The fraction of sp³-hybridized carbons (Fsp3) is 0.867. The van der Waals surface area contributed by atoms with Gasteiger partial charge in [0.15, 0.2) is 0 Å². The van der Waals surface area contributed by atoms with Gasteiger partial charge in [0, 0.05) is 11.3 Å². The van der Waals surface area contributed by atoms with Crippen LogP contribution in [-0.4, -0.2) is 33.1 Å². The van der Waals surface area contributed by atoms with Crippen LogP contribution in [0.25, 0.3) is 0 Å². The maximum Gasteiger partial charge on any atom is 0.117 e. The average molecular weight is 252 g/mol. The molecule has 0 aromatic carbocycles. The average Bonchev–Trinajstić information content (AvgIpc) is 2.49. The molecule has 2 saturated carbocycles. The van der Waals surface area contributed by atoms with Gasteiger partial charge in [0.1, 0.15) is 5.60 Å². The largest absolute Gasteiger partial charge is 0.392 e. The van der Waals surface area contributed by atoms with Crippen LogP contribution in [0.15, 0.2) is 11.1 Å². The highest BCUT2D eigenvalue weighted by atomic mass is 16.3. The van der Waals surface area contributed by atoms with Gasteiger partial charge in [0.2, 0.25) is 0 Å². The molecule has 0 aromatic rings. The molecule has 0 heterocycles. The van der Waals surface area contributed by atoms with E-state index < -0.39 is 11.7 Å². The standard InChI is InChI=1S/C15H24O3/c1-8-9-5-13(2,3)12(17)10(9)6-14(4)7-11(16)15(8,14)18/h10-12,16-18H,5-7H2,1-4H3/t10?,11-,12-,14-,15-/m1/s1. The Labute approximate surface area is 109 Å². The van der Waals surface area contributed by atoms with Crippen molar-refractivity contribution in [3.63, 3.8) is 0 Å². The number of hydrogen-bond acceptors (Lipinski definition) is 3. The molecular weight excluding hydrogens is 228 g/mol. The predicted octanol–water partition coefficient (Wildman–Crippen LogP) is 1.62. The second-order valence-electron chi connectivity index (χ2n) is 7.62. The summed E-state index contributed by atoms with van der Waals surface area (Å²) in [5, 5.41) is 31.3. The van der Waals surface area contributed by atoms with E-state index in [2.05, 4.69) is 13.8 Å². The molecule has 3 heteroatoms. The van der Waals surface area contributed by atoms with Crippen molar-refractivity contribution in [2.45, 2.75) is 64.8 Å². The summed E-state index contributed by atoms with van der Waals surface area (Å²) in [5.41, 5.74) is 0.657. The Morgan fingerprint density at radius 3 is 2.28 bits per heavy atom. The molecule has 1 unspecified atom stereocenters. The van der Waals surface area contributed by atoms with E-state index >= 15 is 0 Å². The summed E-state index contributed by atoms with van der Waals surface area (Å²) >= 11 is 0. The summed E-state index contributed by atoms with van der Waals surface area (Å²) in [6.45, 7) is 8.15. The summed E-state index contributed by atoms with van der Waals surface area (Å²) in [6, 6.07) is 0. The maximum absolute atomic E-state index is 10.8. The van der Waals surface area contributed by atoms with Crippen LogP contribution in [0.3, 0.4) is 0 Å². The molecule has 0 radical (unpaired) electrons. The molecule has 102 valence electrons. The van der Waals surface area contributed by atoms with Gasteiger partial charge in [-0.15, -0.1) is 0 Å². The highest BCUT2D eigenvalue weighted by molar-refractivity contribution is 5.41. The lowest BCUT2D eigenvalue weighted by Gasteiger charge is -2.62. The van der Waals surface area contributed by atoms with E-state index in [9.17, 15) is 15.3 Å². The minimum Gasteiger partial charge on any atom is -0.392 e. The van der Waals surface area contributed by atoms with Crippen LogP contribution in [0.1, 0.15) is 47.0 Å². The summed E-state index contributed by atoms with van der Waals surface area (Å²) < 4.78 is 0. The Morgan fingerprint density at radius 2 is 1.72 bits per heavy atom. The second kappa shape index (κ2) is 3.20. The molecule has 5 atom stereocenters. The summed E-state index contributed by atoms with van der Waals surface area (Å²) in [6.07, 6.45) is 1.28. The van der Waals surface area contributed by atoms with Crippen LogP contribution in [0, 0.1) is 16.7 Å². The highest BCUT2D eigenvalue weighted by Crippen LogP contribution is 2.65. The van der Waals surface area contributed by atoms with Crippen molar-refractivity contribution in [1.29, 1.82) is 0 Å². The molecule has 0 aromatic heterocycles. The normalized spacial score (nSPS) is 53.8. The van der Waals surface area contributed by atoms with Crippen molar-refractivity contribution in [2.24, 2.45) is 16.7 Å². The van der Waals surface area contributed by atoms with Gasteiger partial charge in [-0.1, -0.05) is 26.3 Å². The first-order chi connectivity index (χ1) is 8.13. The molecule has 0 saturated heterocycles. The van der Waals surface area contributed by atoms with Gasteiger partial charge in [0.05, 0.1) is 12.2 Å². The van der Waals surface area contributed by atoms with Crippen molar-refractivity contribution >= 4 is 0 Å². The number of hydrogen-bond donors (Lipinski definition) is 3. The third-order valence-electron chi connectivity index (χ3n) is 6.05. The Morgan fingerprint density at radius 1 is 1.11 bits per heavy atom. The molecule has 3 rings (SSSR count). The SMILES string of the molecule is CC1=C2CC(C)(C)[C@H](O)C2C[C@]2(C)C[C@@H](O)[C@]12O. The first-order valence-corrected chi connectivity index (χ1v) is 6.92. The molecule has 3 nitrogen and oxygen atoms in total. The third kappa shape index (κ3) is 1.16. The van der Waals surface area contributed by atoms with Crippen LogP contribution < -0.4 is 0 Å². The zero-order valence-electron chi connectivity index (χ0n) is 11.7. The first kappa shape index (κ1) is 12.6. The van der Waals surface area contributed by atoms with Crippen LogP contribution >= 0.6 is 0 Å². The van der Waals surface area contributed by atoms with E-state index in [4.69, 9.17) is 0 Å². The fourth-order valence-corrected chi connectivity index (χ4v) is 4.78. The quantitative estimate of drug-likeness (QED) is 0.574. The minimum atomic E-state index is -1.06. The van der Waals surface area contributed by atoms with E-state index in [1.54, 1.807) is 0 Å². The zero-order valence-corrected chi connectivity index (χ0v) is 11.7. The van der Waals surface area contributed by atoms with E-state index in [0.29, 0.717) is 6.42 Å². The van der Waals surface area contributed by atoms with Crippen molar-refractivity contribution < 1.29 is 15.3 Å². The van der Waals surface area contributed by atoms with Crippen molar-refractivity contribution in [3.8, 4) is 0 Å².